The van der Waals surface area contributed by atoms with Gasteiger partial charge in [-0.2, -0.15) is 0 Å². The molecular formula is C9H19NO. The number of hydrogen-bond donors (Lipinski definition) is 1. The Balaban J connectivity index is 3.99. The predicted octanol–water partition coefficient (Wildman–Crippen LogP) is 2.08. The Morgan fingerprint density at radius 2 is 2.00 bits per heavy atom. The van der Waals surface area contributed by atoms with Gasteiger partial charge in [-0.25, -0.2) is 0 Å². The summed E-state index contributed by atoms with van der Waals surface area (Å²) in [4.78, 5) is 11.0. The molecule has 0 spiro atoms. The second-order valence-corrected chi connectivity index (χ2v) is 3.38. The monoisotopic (exact) mass is 157 g/mol. The molecule has 1 amide bonds. The van der Waals surface area contributed by atoms with Gasteiger partial charge in [0.05, 0.1) is 0 Å². The Kier molecular flexibility index (Phi) is 4.16. The van der Waals surface area contributed by atoms with Gasteiger partial charge >= 0.3 is 0 Å². The highest BCUT2D eigenvalue weighted by atomic mass is 16.1. The van der Waals surface area contributed by atoms with Gasteiger partial charge in [0.1, 0.15) is 0 Å². The van der Waals surface area contributed by atoms with E-state index in [0.29, 0.717) is 0 Å². The fourth-order valence-corrected chi connectivity index (χ4v) is 1.04. The maximum Gasteiger partial charge on any atom is 0.223 e. The Morgan fingerprint density at radius 3 is 2.27 bits per heavy atom. The molecule has 0 aromatic rings. The summed E-state index contributed by atoms with van der Waals surface area (Å²) in [6.45, 7) is 6.09. The highest BCUT2D eigenvalue weighted by molar-refractivity contribution is 5.80. The second kappa shape index (κ2) is 4.37. The SMILES string of the molecule is CCCCC(C)(CC)C(N)=O. The fraction of sp³-hybridized carbons (Fsp3) is 0.889. The lowest BCUT2D eigenvalue weighted by Gasteiger charge is -2.23. The van der Waals surface area contributed by atoms with Gasteiger partial charge in [0, 0.05) is 5.41 Å². The summed E-state index contributed by atoms with van der Waals surface area (Å²) in [6, 6.07) is 0. The molecule has 0 heterocycles. The van der Waals surface area contributed by atoms with Crippen LogP contribution in [0.3, 0.4) is 0 Å². The molecule has 0 radical (unpaired) electrons. The minimum Gasteiger partial charge on any atom is -0.369 e. The third-order valence-corrected chi connectivity index (χ3v) is 2.46. The second-order valence-electron chi connectivity index (χ2n) is 3.38. The van der Waals surface area contributed by atoms with Crippen LogP contribution >= 0.6 is 0 Å². The van der Waals surface area contributed by atoms with Crippen molar-refractivity contribution in [3.63, 3.8) is 0 Å². The normalized spacial score (nSPS) is 15.9. The van der Waals surface area contributed by atoms with E-state index in [9.17, 15) is 4.79 Å². The molecule has 0 fully saturated rings. The molecule has 0 bridgehead atoms. The smallest absolute Gasteiger partial charge is 0.223 e. The highest BCUT2D eigenvalue weighted by Gasteiger charge is 2.27. The maximum atomic E-state index is 11.0. The number of unbranched alkanes of at least 4 members (excludes halogenated alkanes) is 1. The van der Waals surface area contributed by atoms with Gasteiger partial charge < -0.3 is 5.73 Å². The van der Waals surface area contributed by atoms with Crippen LogP contribution in [-0.2, 0) is 4.79 Å². The van der Waals surface area contributed by atoms with E-state index in [1.807, 2.05) is 13.8 Å². The zero-order valence-electron chi connectivity index (χ0n) is 7.81. The number of primary amides is 1. The van der Waals surface area contributed by atoms with Crippen molar-refractivity contribution in [3.8, 4) is 0 Å². The Morgan fingerprint density at radius 1 is 1.45 bits per heavy atom. The minimum atomic E-state index is -0.268. The first-order valence-electron chi connectivity index (χ1n) is 4.36. The van der Waals surface area contributed by atoms with Crippen molar-refractivity contribution in [2.45, 2.75) is 46.5 Å². The van der Waals surface area contributed by atoms with Crippen molar-refractivity contribution in [1.82, 2.24) is 0 Å². The molecule has 0 rings (SSSR count). The average Bonchev–Trinajstić information content (AvgIpc) is 2.00. The van der Waals surface area contributed by atoms with Crippen molar-refractivity contribution >= 4 is 5.91 Å². The topological polar surface area (TPSA) is 43.1 Å². The first-order chi connectivity index (χ1) is 5.06. The van der Waals surface area contributed by atoms with Crippen LogP contribution in [0.5, 0.6) is 0 Å². The van der Waals surface area contributed by atoms with Gasteiger partial charge in [0.2, 0.25) is 5.91 Å². The molecule has 2 N–H and O–H groups in total. The van der Waals surface area contributed by atoms with Crippen LogP contribution in [-0.4, -0.2) is 5.91 Å². The van der Waals surface area contributed by atoms with Gasteiger partial charge in [-0.05, 0) is 12.8 Å². The highest BCUT2D eigenvalue weighted by Crippen LogP contribution is 2.27. The minimum absolute atomic E-state index is 0.159. The van der Waals surface area contributed by atoms with E-state index in [0.717, 1.165) is 25.7 Å². The molecule has 0 aliphatic heterocycles. The van der Waals surface area contributed by atoms with Gasteiger partial charge in [-0.3, -0.25) is 4.79 Å². The third kappa shape index (κ3) is 2.91. The van der Waals surface area contributed by atoms with Crippen LogP contribution < -0.4 is 5.73 Å². The first kappa shape index (κ1) is 10.5. The quantitative estimate of drug-likeness (QED) is 0.652. The van der Waals surface area contributed by atoms with Gasteiger partial charge in [0.15, 0.2) is 0 Å². The maximum absolute atomic E-state index is 11.0. The molecule has 66 valence electrons. The van der Waals surface area contributed by atoms with E-state index in [-0.39, 0.29) is 11.3 Å². The van der Waals surface area contributed by atoms with E-state index in [1.165, 1.54) is 0 Å². The molecule has 0 aliphatic carbocycles. The van der Waals surface area contributed by atoms with Crippen LogP contribution in [0.4, 0.5) is 0 Å². The average molecular weight is 157 g/mol. The molecule has 0 aromatic heterocycles. The summed E-state index contributed by atoms with van der Waals surface area (Å²) in [5.74, 6) is -0.159. The van der Waals surface area contributed by atoms with E-state index in [1.54, 1.807) is 0 Å². The number of amides is 1. The standard InChI is InChI=1S/C9H19NO/c1-4-6-7-9(3,5-2)8(10)11/h4-7H2,1-3H3,(H2,10,11). The summed E-state index contributed by atoms with van der Waals surface area (Å²) in [7, 11) is 0. The molecule has 0 aromatic carbocycles. The van der Waals surface area contributed by atoms with Crippen molar-refractivity contribution in [2.75, 3.05) is 0 Å². The van der Waals surface area contributed by atoms with Crippen LogP contribution in [0.2, 0.25) is 0 Å². The van der Waals surface area contributed by atoms with Gasteiger partial charge in [-0.15, -0.1) is 0 Å². The van der Waals surface area contributed by atoms with Crippen LogP contribution in [0, 0.1) is 5.41 Å². The largest absolute Gasteiger partial charge is 0.369 e. The van der Waals surface area contributed by atoms with Crippen LogP contribution in [0.1, 0.15) is 46.5 Å². The van der Waals surface area contributed by atoms with E-state index < -0.39 is 0 Å². The fourth-order valence-electron chi connectivity index (χ4n) is 1.04. The molecule has 0 saturated heterocycles. The zero-order valence-corrected chi connectivity index (χ0v) is 7.81. The van der Waals surface area contributed by atoms with E-state index >= 15 is 0 Å². The van der Waals surface area contributed by atoms with E-state index in [4.69, 9.17) is 5.73 Å². The van der Waals surface area contributed by atoms with Gasteiger partial charge in [-0.1, -0.05) is 33.6 Å². The Labute approximate surface area is 69.2 Å². The summed E-state index contributed by atoms with van der Waals surface area (Å²) in [6.07, 6.45) is 3.99. The summed E-state index contributed by atoms with van der Waals surface area (Å²) >= 11 is 0. The molecule has 0 aliphatic rings. The van der Waals surface area contributed by atoms with Crippen LogP contribution in [0.15, 0.2) is 0 Å². The third-order valence-electron chi connectivity index (χ3n) is 2.46. The summed E-state index contributed by atoms with van der Waals surface area (Å²) in [5, 5.41) is 0. The summed E-state index contributed by atoms with van der Waals surface area (Å²) < 4.78 is 0. The van der Waals surface area contributed by atoms with Crippen molar-refractivity contribution < 1.29 is 4.79 Å². The Bertz CT molecular complexity index is 134. The van der Waals surface area contributed by atoms with Crippen molar-refractivity contribution in [1.29, 1.82) is 0 Å². The van der Waals surface area contributed by atoms with Crippen molar-refractivity contribution in [3.05, 3.63) is 0 Å². The molecule has 2 heteroatoms. The van der Waals surface area contributed by atoms with Crippen molar-refractivity contribution in [2.24, 2.45) is 11.1 Å². The molecule has 11 heavy (non-hydrogen) atoms. The number of rotatable bonds is 5. The number of carbonyl (C=O) groups is 1. The first-order valence-corrected chi connectivity index (χ1v) is 4.36. The number of nitrogens with two attached hydrogens (primary N) is 1. The van der Waals surface area contributed by atoms with E-state index in [2.05, 4.69) is 6.92 Å². The lowest BCUT2D eigenvalue weighted by molar-refractivity contribution is -0.127. The van der Waals surface area contributed by atoms with Gasteiger partial charge in [0.25, 0.3) is 0 Å². The molecule has 2 nitrogen and oxygen atoms in total. The van der Waals surface area contributed by atoms with Crippen LogP contribution in [0.25, 0.3) is 0 Å². The molecule has 1 atom stereocenters. The lowest BCUT2D eigenvalue weighted by atomic mass is 9.82. The predicted molar refractivity (Wildman–Crippen MR) is 47.1 cm³/mol. The lowest BCUT2D eigenvalue weighted by Crippen LogP contribution is -2.33. The summed E-state index contributed by atoms with van der Waals surface area (Å²) in [5.41, 5.74) is 5.02. The number of carbonyl (C=O) groups excluding carboxylic acids is 1. The Hall–Kier alpha value is -0.530. The molecular weight excluding hydrogens is 138 g/mol. The number of hydrogen-bond acceptors (Lipinski definition) is 1. The zero-order chi connectivity index (χ0) is 8.91. The molecule has 0 saturated carbocycles. The molecule has 1 unspecified atom stereocenters.